The number of aryl methyl sites for hydroxylation is 1. The van der Waals surface area contributed by atoms with Crippen molar-refractivity contribution < 1.29 is 14.3 Å². The van der Waals surface area contributed by atoms with Crippen LogP contribution < -0.4 is 4.74 Å². The first-order chi connectivity index (χ1) is 12.7. The van der Waals surface area contributed by atoms with Crippen molar-refractivity contribution in [3.05, 3.63) is 47.3 Å². The molecular weight excluding hydrogens is 348 g/mol. The number of fused-ring (bicyclic) bond motifs is 1. The Balaban J connectivity index is 1.51. The lowest BCUT2D eigenvalue weighted by atomic mass is 10.1. The van der Waals surface area contributed by atoms with Gasteiger partial charge in [-0.15, -0.1) is 11.3 Å². The first-order valence-electron chi connectivity index (χ1n) is 8.64. The SMILES string of the molecule is Cc1cc(-c2cccs2)nc2ccc(OCC(=O)N3CCOCC3)cc12. The van der Waals surface area contributed by atoms with Crippen molar-refractivity contribution in [1.82, 2.24) is 9.88 Å². The zero-order valence-corrected chi connectivity index (χ0v) is 15.4. The molecule has 0 saturated carbocycles. The van der Waals surface area contributed by atoms with Crippen LogP contribution in [0.2, 0.25) is 0 Å². The Bertz CT molecular complexity index is 918. The van der Waals surface area contributed by atoms with Crippen LogP contribution in [-0.4, -0.2) is 48.7 Å². The first kappa shape index (κ1) is 17.0. The zero-order chi connectivity index (χ0) is 17.9. The summed E-state index contributed by atoms with van der Waals surface area (Å²) in [6.07, 6.45) is 0. The molecule has 5 nitrogen and oxygen atoms in total. The third-order valence-electron chi connectivity index (χ3n) is 4.49. The van der Waals surface area contributed by atoms with Gasteiger partial charge >= 0.3 is 0 Å². The van der Waals surface area contributed by atoms with Crippen molar-refractivity contribution in [2.24, 2.45) is 0 Å². The van der Waals surface area contributed by atoms with E-state index < -0.39 is 0 Å². The first-order valence-corrected chi connectivity index (χ1v) is 9.52. The molecule has 0 bridgehead atoms. The van der Waals surface area contributed by atoms with Crippen molar-refractivity contribution in [3.63, 3.8) is 0 Å². The molecule has 26 heavy (non-hydrogen) atoms. The Morgan fingerprint density at radius 2 is 2.12 bits per heavy atom. The van der Waals surface area contributed by atoms with Crippen LogP contribution in [-0.2, 0) is 9.53 Å². The number of benzene rings is 1. The molecule has 1 aromatic carbocycles. The van der Waals surface area contributed by atoms with Crippen molar-refractivity contribution in [3.8, 4) is 16.3 Å². The molecule has 2 aromatic heterocycles. The fourth-order valence-corrected chi connectivity index (χ4v) is 3.75. The number of hydrogen-bond acceptors (Lipinski definition) is 5. The van der Waals surface area contributed by atoms with Gasteiger partial charge in [0.1, 0.15) is 5.75 Å². The molecule has 0 spiro atoms. The molecule has 1 amide bonds. The van der Waals surface area contributed by atoms with E-state index in [0.29, 0.717) is 32.1 Å². The van der Waals surface area contributed by atoms with Crippen LogP contribution in [0, 0.1) is 6.92 Å². The summed E-state index contributed by atoms with van der Waals surface area (Å²) < 4.78 is 11.0. The Morgan fingerprint density at radius 3 is 2.88 bits per heavy atom. The highest BCUT2D eigenvalue weighted by Crippen LogP contribution is 2.29. The van der Waals surface area contributed by atoms with Crippen LogP contribution in [0.25, 0.3) is 21.5 Å². The summed E-state index contributed by atoms with van der Waals surface area (Å²) in [5.74, 6) is 0.684. The Kier molecular flexibility index (Phi) is 4.86. The smallest absolute Gasteiger partial charge is 0.260 e. The van der Waals surface area contributed by atoms with Crippen molar-refractivity contribution in [2.45, 2.75) is 6.92 Å². The van der Waals surface area contributed by atoms with Crippen LogP contribution in [0.1, 0.15) is 5.56 Å². The van der Waals surface area contributed by atoms with Gasteiger partial charge < -0.3 is 14.4 Å². The van der Waals surface area contributed by atoms with E-state index in [2.05, 4.69) is 24.4 Å². The van der Waals surface area contributed by atoms with Gasteiger partial charge in [-0.05, 0) is 48.2 Å². The molecule has 3 aromatic rings. The molecule has 1 aliphatic heterocycles. The van der Waals surface area contributed by atoms with Gasteiger partial charge in [0.15, 0.2) is 6.61 Å². The van der Waals surface area contributed by atoms with E-state index in [4.69, 9.17) is 14.5 Å². The summed E-state index contributed by atoms with van der Waals surface area (Å²) in [5.41, 5.74) is 3.06. The van der Waals surface area contributed by atoms with E-state index in [1.165, 1.54) is 0 Å². The van der Waals surface area contributed by atoms with Gasteiger partial charge in [-0.1, -0.05) is 6.07 Å². The molecule has 0 radical (unpaired) electrons. The van der Waals surface area contributed by atoms with Crippen LogP contribution in [0.5, 0.6) is 5.75 Å². The second-order valence-corrected chi connectivity index (χ2v) is 7.21. The average molecular weight is 368 g/mol. The van der Waals surface area contributed by atoms with E-state index in [-0.39, 0.29) is 12.5 Å². The summed E-state index contributed by atoms with van der Waals surface area (Å²) in [6, 6.07) is 12.0. The summed E-state index contributed by atoms with van der Waals surface area (Å²) in [5, 5.41) is 3.10. The van der Waals surface area contributed by atoms with Gasteiger partial charge in [-0.3, -0.25) is 4.79 Å². The summed E-state index contributed by atoms with van der Waals surface area (Å²) in [6.45, 7) is 4.58. The Labute approximate surface area is 156 Å². The normalized spacial score (nSPS) is 14.6. The third-order valence-corrected chi connectivity index (χ3v) is 5.38. The predicted octanol–water partition coefficient (Wildman–Crippen LogP) is 3.51. The molecule has 0 aliphatic carbocycles. The summed E-state index contributed by atoms with van der Waals surface area (Å²) in [7, 11) is 0. The lowest BCUT2D eigenvalue weighted by Crippen LogP contribution is -2.42. The van der Waals surface area contributed by atoms with Gasteiger partial charge in [-0.2, -0.15) is 0 Å². The van der Waals surface area contributed by atoms with Gasteiger partial charge in [0.2, 0.25) is 0 Å². The molecule has 1 aliphatic rings. The molecule has 6 heteroatoms. The van der Waals surface area contributed by atoms with E-state index in [1.54, 1.807) is 16.2 Å². The highest BCUT2D eigenvalue weighted by Gasteiger charge is 2.17. The number of carbonyl (C=O) groups is 1. The summed E-state index contributed by atoms with van der Waals surface area (Å²) >= 11 is 1.68. The number of amides is 1. The third kappa shape index (κ3) is 3.57. The number of aromatic nitrogens is 1. The minimum Gasteiger partial charge on any atom is -0.484 e. The molecule has 0 unspecified atom stereocenters. The minimum absolute atomic E-state index is 0.00344. The molecule has 1 fully saturated rings. The predicted molar refractivity (Wildman–Crippen MR) is 103 cm³/mol. The van der Waals surface area contributed by atoms with Crippen LogP contribution >= 0.6 is 11.3 Å². The van der Waals surface area contributed by atoms with Crippen molar-refractivity contribution in [1.29, 1.82) is 0 Å². The maximum Gasteiger partial charge on any atom is 0.260 e. The average Bonchev–Trinajstić information content (AvgIpc) is 3.22. The fourth-order valence-electron chi connectivity index (χ4n) is 3.06. The lowest BCUT2D eigenvalue weighted by molar-refractivity contribution is -0.137. The highest BCUT2D eigenvalue weighted by atomic mass is 32.1. The minimum atomic E-state index is -0.00344. The molecule has 3 heterocycles. The number of hydrogen-bond donors (Lipinski definition) is 0. The lowest BCUT2D eigenvalue weighted by Gasteiger charge is -2.26. The number of pyridine rings is 1. The number of morpholine rings is 1. The number of ether oxygens (including phenoxy) is 2. The van der Waals surface area contributed by atoms with Crippen LogP contribution in [0.15, 0.2) is 41.8 Å². The molecule has 0 atom stereocenters. The quantitative estimate of drug-likeness (QED) is 0.707. The topological polar surface area (TPSA) is 51.7 Å². The molecule has 1 saturated heterocycles. The Morgan fingerprint density at radius 1 is 1.27 bits per heavy atom. The van der Waals surface area contributed by atoms with Crippen molar-refractivity contribution >= 4 is 28.1 Å². The van der Waals surface area contributed by atoms with Crippen LogP contribution in [0.4, 0.5) is 0 Å². The van der Waals surface area contributed by atoms with Gasteiger partial charge in [0, 0.05) is 18.5 Å². The number of rotatable bonds is 4. The number of thiophene rings is 1. The largest absolute Gasteiger partial charge is 0.484 e. The molecule has 4 rings (SSSR count). The van der Waals surface area contributed by atoms with Gasteiger partial charge in [-0.25, -0.2) is 4.98 Å². The van der Waals surface area contributed by atoms with Gasteiger partial charge in [0.25, 0.3) is 5.91 Å². The van der Waals surface area contributed by atoms with Gasteiger partial charge in [0.05, 0.1) is 29.3 Å². The standard InChI is InChI=1S/C20H20N2O3S/c1-14-11-18(19-3-2-10-26-19)21-17-5-4-15(12-16(14)17)25-13-20(23)22-6-8-24-9-7-22/h2-5,10-12H,6-9,13H2,1H3. The second kappa shape index (κ2) is 7.43. The monoisotopic (exact) mass is 368 g/mol. The molecule has 134 valence electrons. The fraction of sp³-hybridized carbons (Fsp3) is 0.300. The van der Waals surface area contributed by atoms with E-state index in [0.717, 1.165) is 27.0 Å². The Hall–Kier alpha value is -2.44. The van der Waals surface area contributed by atoms with Crippen molar-refractivity contribution in [2.75, 3.05) is 32.9 Å². The number of nitrogens with zero attached hydrogens (tertiary/aromatic N) is 2. The van der Waals surface area contributed by atoms with E-state index in [1.807, 2.05) is 24.3 Å². The highest BCUT2D eigenvalue weighted by molar-refractivity contribution is 7.13. The maximum absolute atomic E-state index is 12.2. The second-order valence-electron chi connectivity index (χ2n) is 6.26. The maximum atomic E-state index is 12.2. The van der Waals surface area contributed by atoms with Crippen LogP contribution in [0.3, 0.4) is 0 Å². The van der Waals surface area contributed by atoms with E-state index >= 15 is 0 Å². The molecule has 0 N–H and O–H groups in total. The summed E-state index contributed by atoms with van der Waals surface area (Å²) in [4.78, 5) is 19.9. The number of carbonyl (C=O) groups excluding carboxylic acids is 1. The zero-order valence-electron chi connectivity index (χ0n) is 14.6. The van der Waals surface area contributed by atoms with E-state index in [9.17, 15) is 4.79 Å². The molecular formula is C20H20N2O3S.